The molecule has 0 aromatic heterocycles. The molecule has 1 N–H and O–H groups in total. The van der Waals surface area contributed by atoms with Gasteiger partial charge in [0.25, 0.3) is 0 Å². The van der Waals surface area contributed by atoms with Crippen LogP contribution in [0.2, 0.25) is 10.0 Å². The number of benzene rings is 1. The molecule has 20 heavy (non-hydrogen) atoms. The quantitative estimate of drug-likeness (QED) is 0.845. The summed E-state index contributed by atoms with van der Waals surface area (Å²) in [6.45, 7) is 4.08. The Hall–Kier alpha value is -0.510. The minimum Gasteiger partial charge on any atom is -0.366 e. The predicted molar refractivity (Wildman–Crippen MR) is 82.4 cm³/mol. The summed E-state index contributed by atoms with van der Waals surface area (Å²) in [5.41, 5.74) is 0.931. The van der Waals surface area contributed by atoms with Crippen molar-refractivity contribution >= 4 is 28.9 Å². The number of hydrogen-bond donors (Lipinski definition) is 1. The number of piperazine rings is 1. The Bertz CT molecular complexity index is 482. The molecule has 0 radical (unpaired) electrons. The van der Waals surface area contributed by atoms with Gasteiger partial charge in [-0.15, -0.1) is 0 Å². The monoisotopic (exact) mass is 316 g/mol. The van der Waals surface area contributed by atoms with E-state index in [2.05, 4.69) is 17.1 Å². The molecule has 0 amide bonds. The Kier molecular flexibility index (Phi) is 4.11. The van der Waals surface area contributed by atoms with Gasteiger partial charge in [-0.05, 0) is 37.3 Å². The van der Waals surface area contributed by atoms with Gasteiger partial charge in [-0.2, -0.15) is 0 Å². The van der Waals surface area contributed by atoms with Gasteiger partial charge in [0, 0.05) is 30.9 Å². The molecule has 3 rings (SSSR count). The maximum absolute atomic E-state index is 13.6. The van der Waals surface area contributed by atoms with Gasteiger partial charge in [0.1, 0.15) is 0 Å². The normalized spacial score (nSPS) is 26.9. The zero-order chi connectivity index (χ0) is 14.3. The van der Waals surface area contributed by atoms with Gasteiger partial charge in [-0.25, -0.2) is 4.39 Å². The summed E-state index contributed by atoms with van der Waals surface area (Å²) in [6.07, 6.45) is 3.66. The first-order valence-corrected chi connectivity index (χ1v) is 8.00. The molecule has 1 heterocycles. The number of rotatable bonds is 3. The van der Waals surface area contributed by atoms with Gasteiger partial charge < -0.3 is 10.2 Å². The zero-order valence-corrected chi connectivity index (χ0v) is 13.0. The van der Waals surface area contributed by atoms with Gasteiger partial charge in [-0.3, -0.25) is 0 Å². The molecule has 1 aliphatic carbocycles. The van der Waals surface area contributed by atoms with Crippen LogP contribution in [-0.2, 0) is 0 Å². The summed E-state index contributed by atoms with van der Waals surface area (Å²) < 4.78 is 13.6. The SMILES string of the molecule is CCC1CNC(C2CC2)CN1c1cc(Cl)c(F)c(Cl)c1. The minimum absolute atomic E-state index is 0.101. The molecule has 1 aromatic carbocycles. The minimum atomic E-state index is -0.529. The van der Waals surface area contributed by atoms with Crippen LogP contribution in [0, 0.1) is 11.7 Å². The zero-order valence-electron chi connectivity index (χ0n) is 11.5. The second kappa shape index (κ2) is 5.70. The first-order chi connectivity index (χ1) is 9.60. The highest BCUT2D eigenvalue weighted by Gasteiger charge is 2.37. The molecule has 0 bridgehead atoms. The van der Waals surface area contributed by atoms with Crippen molar-refractivity contribution in [2.24, 2.45) is 5.92 Å². The lowest BCUT2D eigenvalue weighted by Gasteiger charge is -2.42. The maximum Gasteiger partial charge on any atom is 0.160 e. The topological polar surface area (TPSA) is 15.3 Å². The van der Waals surface area contributed by atoms with Crippen molar-refractivity contribution in [2.45, 2.75) is 38.3 Å². The highest BCUT2D eigenvalue weighted by molar-refractivity contribution is 6.35. The summed E-state index contributed by atoms with van der Waals surface area (Å²) in [7, 11) is 0. The Labute approximate surface area is 129 Å². The van der Waals surface area contributed by atoms with Crippen LogP contribution in [0.1, 0.15) is 26.2 Å². The van der Waals surface area contributed by atoms with Crippen LogP contribution < -0.4 is 10.2 Å². The average molecular weight is 317 g/mol. The van der Waals surface area contributed by atoms with Gasteiger partial charge in [0.2, 0.25) is 0 Å². The fourth-order valence-corrected chi connectivity index (χ4v) is 3.50. The van der Waals surface area contributed by atoms with E-state index < -0.39 is 5.82 Å². The number of nitrogens with one attached hydrogen (secondary N) is 1. The van der Waals surface area contributed by atoms with Crippen LogP contribution in [0.5, 0.6) is 0 Å². The summed E-state index contributed by atoms with van der Waals surface area (Å²) in [4.78, 5) is 2.33. The third-order valence-corrected chi connectivity index (χ3v) is 4.96. The molecule has 110 valence electrons. The average Bonchev–Trinajstić information content (AvgIpc) is 3.28. The molecule has 1 saturated carbocycles. The predicted octanol–water partition coefficient (Wildman–Crippen LogP) is 4.10. The third kappa shape index (κ3) is 2.76. The Morgan fingerprint density at radius 3 is 2.50 bits per heavy atom. The molecule has 2 aliphatic rings. The molecule has 1 aliphatic heterocycles. The molecule has 2 atom stereocenters. The first kappa shape index (κ1) is 14.4. The van der Waals surface area contributed by atoms with Crippen molar-refractivity contribution in [3.8, 4) is 0 Å². The molecular formula is C15H19Cl2FN2. The lowest BCUT2D eigenvalue weighted by molar-refractivity contribution is 0.360. The molecule has 5 heteroatoms. The maximum atomic E-state index is 13.6. The second-order valence-electron chi connectivity index (χ2n) is 5.79. The highest BCUT2D eigenvalue weighted by atomic mass is 35.5. The van der Waals surface area contributed by atoms with Crippen molar-refractivity contribution in [1.29, 1.82) is 0 Å². The fourth-order valence-electron chi connectivity index (χ4n) is 3.03. The van der Waals surface area contributed by atoms with Crippen LogP contribution >= 0.6 is 23.2 Å². The summed E-state index contributed by atoms with van der Waals surface area (Å²) in [5.74, 6) is 0.265. The lowest BCUT2D eigenvalue weighted by atomic mass is 10.0. The molecule has 2 unspecified atom stereocenters. The standard InChI is InChI=1S/C15H19Cl2FN2/c1-2-10-7-19-14(9-3-4-9)8-20(10)11-5-12(16)15(18)13(17)6-11/h5-6,9-10,14,19H,2-4,7-8H2,1H3. The fraction of sp³-hybridized carbons (Fsp3) is 0.600. The Morgan fingerprint density at radius 1 is 1.30 bits per heavy atom. The number of halogens is 3. The van der Waals surface area contributed by atoms with E-state index in [9.17, 15) is 4.39 Å². The van der Waals surface area contributed by atoms with Crippen molar-refractivity contribution in [3.05, 3.63) is 28.0 Å². The van der Waals surface area contributed by atoms with E-state index in [4.69, 9.17) is 23.2 Å². The largest absolute Gasteiger partial charge is 0.366 e. The van der Waals surface area contributed by atoms with Gasteiger partial charge >= 0.3 is 0 Å². The molecular weight excluding hydrogens is 298 g/mol. The van der Waals surface area contributed by atoms with Gasteiger partial charge in [0.15, 0.2) is 5.82 Å². The van der Waals surface area contributed by atoms with Crippen LogP contribution in [0.3, 0.4) is 0 Å². The Morgan fingerprint density at radius 2 is 1.95 bits per heavy atom. The first-order valence-electron chi connectivity index (χ1n) is 7.24. The van der Waals surface area contributed by atoms with E-state index in [1.807, 2.05) is 0 Å². The van der Waals surface area contributed by atoms with Crippen molar-refractivity contribution in [3.63, 3.8) is 0 Å². The number of nitrogens with zero attached hydrogens (tertiary/aromatic N) is 1. The smallest absolute Gasteiger partial charge is 0.160 e. The summed E-state index contributed by atoms with van der Waals surface area (Å²) in [6, 6.07) is 4.32. The summed E-state index contributed by atoms with van der Waals surface area (Å²) in [5, 5.41) is 3.84. The van der Waals surface area contributed by atoms with E-state index in [0.717, 1.165) is 31.1 Å². The molecule has 2 fully saturated rings. The van der Waals surface area contributed by atoms with Crippen LogP contribution in [0.15, 0.2) is 12.1 Å². The Balaban J connectivity index is 1.87. The number of anilines is 1. The van der Waals surface area contributed by atoms with Crippen molar-refractivity contribution in [2.75, 3.05) is 18.0 Å². The lowest BCUT2D eigenvalue weighted by Crippen LogP contribution is -2.57. The van der Waals surface area contributed by atoms with Crippen LogP contribution in [0.4, 0.5) is 10.1 Å². The highest BCUT2D eigenvalue weighted by Crippen LogP contribution is 2.37. The van der Waals surface area contributed by atoms with Crippen LogP contribution in [0.25, 0.3) is 0 Å². The second-order valence-corrected chi connectivity index (χ2v) is 6.60. The van der Waals surface area contributed by atoms with E-state index in [-0.39, 0.29) is 10.0 Å². The van der Waals surface area contributed by atoms with Crippen molar-refractivity contribution in [1.82, 2.24) is 5.32 Å². The van der Waals surface area contributed by atoms with E-state index in [0.29, 0.717) is 12.1 Å². The van der Waals surface area contributed by atoms with E-state index in [1.165, 1.54) is 12.8 Å². The third-order valence-electron chi connectivity index (χ3n) is 4.41. The molecule has 2 nitrogen and oxygen atoms in total. The summed E-state index contributed by atoms with van der Waals surface area (Å²) >= 11 is 11.9. The van der Waals surface area contributed by atoms with Crippen molar-refractivity contribution < 1.29 is 4.39 Å². The molecule has 1 aromatic rings. The van der Waals surface area contributed by atoms with E-state index >= 15 is 0 Å². The van der Waals surface area contributed by atoms with Gasteiger partial charge in [0.05, 0.1) is 10.0 Å². The molecule has 1 saturated heterocycles. The van der Waals surface area contributed by atoms with Gasteiger partial charge in [-0.1, -0.05) is 30.1 Å². The van der Waals surface area contributed by atoms with Crippen LogP contribution in [-0.4, -0.2) is 25.2 Å². The molecule has 0 spiro atoms. The number of hydrogen-bond acceptors (Lipinski definition) is 2. The van der Waals surface area contributed by atoms with E-state index in [1.54, 1.807) is 12.1 Å².